The van der Waals surface area contributed by atoms with Crippen molar-refractivity contribution in [2.24, 2.45) is 5.92 Å². The van der Waals surface area contributed by atoms with E-state index in [9.17, 15) is 19.2 Å². The van der Waals surface area contributed by atoms with Crippen molar-refractivity contribution in [3.63, 3.8) is 0 Å². The van der Waals surface area contributed by atoms with Crippen molar-refractivity contribution in [3.8, 4) is 0 Å². The van der Waals surface area contributed by atoms with Gasteiger partial charge >= 0.3 is 18.0 Å². The number of hydrogen-bond acceptors (Lipinski definition) is 7. The first-order chi connectivity index (χ1) is 16.0. The lowest BCUT2D eigenvalue weighted by atomic mass is 9.96. The number of carbonyl (C=O) groups is 4. The van der Waals surface area contributed by atoms with Crippen molar-refractivity contribution < 1.29 is 33.4 Å². The van der Waals surface area contributed by atoms with Gasteiger partial charge in [-0.2, -0.15) is 0 Å². The van der Waals surface area contributed by atoms with Crippen LogP contribution < -0.4 is 5.32 Å². The van der Waals surface area contributed by atoms with Gasteiger partial charge < -0.3 is 24.3 Å². The van der Waals surface area contributed by atoms with E-state index in [1.807, 2.05) is 19.1 Å². The van der Waals surface area contributed by atoms with Crippen molar-refractivity contribution in [1.82, 2.24) is 5.32 Å². The molecule has 0 bridgehead atoms. The first-order valence-electron chi connectivity index (χ1n) is 10.8. The molecule has 0 saturated carbocycles. The fraction of sp³-hybridized carbons (Fsp3) is 0.360. The number of esters is 2. The Morgan fingerprint density at radius 1 is 0.848 bits per heavy atom. The molecule has 0 spiro atoms. The molecule has 1 N–H and O–H groups in total. The van der Waals surface area contributed by atoms with Crippen LogP contribution in [0.1, 0.15) is 37.3 Å². The van der Waals surface area contributed by atoms with Gasteiger partial charge in [0, 0.05) is 6.42 Å². The largest absolute Gasteiger partial charge is 0.465 e. The molecule has 8 nitrogen and oxygen atoms in total. The van der Waals surface area contributed by atoms with Gasteiger partial charge in [-0.15, -0.1) is 0 Å². The summed E-state index contributed by atoms with van der Waals surface area (Å²) in [5, 5.41) is 2.38. The molecular weight excluding hydrogens is 426 g/mol. The van der Waals surface area contributed by atoms with Crippen molar-refractivity contribution in [3.05, 3.63) is 71.8 Å². The van der Waals surface area contributed by atoms with Gasteiger partial charge in [-0.1, -0.05) is 74.0 Å². The molecule has 0 aliphatic carbocycles. The topological polar surface area (TPSA) is 108 Å². The normalized spacial score (nSPS) is 12.2. The smallest absolute Gasteiger partial charge is 0.408 e. The minimum Gasteiger partial charge on any atom is -0.465 e. The summed E-state index contributed by atoms with van der Waals surface area (Å²) < 4.78 is 15.7. The zero-order valence-electron chi connectivity index (χ0n) is 18.6. The summed E-state index contributed by atoms with van der Waals surface area (Å²) in [6.07, 6.45) is 0.695. The average Bonchev–Trinajstić information content (AvgIpc) is 2.84. The number of alkyl carbamates (subject to hydrolysis) is 1. The molecule has 0 fully saturated rings. The van der Waals surface area contributed by atoms with E-state index in [1.165, 1.54) is 0 Å². The molecule has 0 heterocycles. The van der Waals surface area contributed by atoms with Crippen LogP contribution in [-0.2, 0) is 41.8 Å². The van der Waals surface area contributed by atoms with E-state index >= 15 is 0 Å². The summed E-state index contributed by atoms with van der Waals surface area (Å²) in [7, 11) is 0. The first-order valence-corrected chi connectivity index (χ1v) is 10.8. The minimum atomic E-state index is -1.45. The summed E-state index contributed by atoms with van der Waals surface area (Å²) in [5.41, 5.74) is 1.48. The standard InChI is InChI=1S/C25H29NO7/c1-2-3-16-31-23(28)21(14-15-27)22(24(29)32-17-19-10-6-4-7-11-19)26-25(30)33-18-20-12-8-5-9-13-20/h4-13,15,21-22H,2-3,14,16-18H2,1H3,(H,26,30)/t21-,22-/m0/s1. The van der Waals surface area contributed by atoms with Crippen LogP contribution >= 0.6 is 0 Å². The molecule has 2 aromatic carbocycles. The van der Waals surface area contributed by atoms with E-state index in [-0.39, 0.29) is 26.2 Å². The number of amides is 1. The quantitative estimate of drug-likeness (QED) is 0.213. The van der Waals surface area contributed by atoms with Gasteiger partial charge in [-0.05, 0) is 17.5 Å². The van der Waals surface area contributed by atoms with Crippen LogP contribution in [0, 0.1) is 5.92 Å². The lowest BCUT2D eigenvalue weighted by Crippen LogP contribution is -2.50. The lowest BCUT2D eigenvalue weighted by Gasteiger charge is -2.24. The molecule has 33 heavy (non-hydrogen) atoms. The fourth-order valence-corrected chi connectivity index (χ4v) is 2.93. The monoisotopic (exact) mass is 455 g/mol. The second-order valence-corrected chi connectivity index (χ2v) is 7.31. The highest BCUT2D eigenvalue weighted by atomic mass is 16.6. The Hall–Kier alpha value is -3.68. The molecule has 0 aliphatic rings. The Bertz CT molecular complexity index is 886. The molecule has 0 aliphatic heterocycles. The van der Waals surface area contributed by atoms with E-state index in [2.05, 4.69) is 5.32 Å². The number of ether oxygens (including phenoxy) is 3. The molecule has 8 heteroatoms. The molecule has 2 rings (SSSR count). The van der Waals surface area contributed by atoms with E-state index in [4.69, 9.17) is 14.2 Å². The van der Waals surface area contributed by atoms with Crippen molar-refractivity contribution in [2.45, 2.75) is 45.4 Å². The van der Waals surface area contributed by atoms with E-state index in [0.29, 0.717) is 12.7 Å². The number of carbonyl (C=O) groups excluding carboxylic acids is 4. The Kier molecular flexibility index (Phi) is 11.2. The average molecular weight is 456 g/mol. The van der Waals surface area contributed by atoms with Crippen LogP contribution in [0.3, 0.4) is 0 Å². The molecule has 0 aromatic heterocycles. The lowest BCUT2D eigenvalue weighted by molar-refractivity contribution is -0.159. The van der Waals surface area contributed by atoms with Gasteiger partial charge in [0.2, 0.25) is 0 Å². The van der Waals surface area contributed by atoms with Gasteiger partial charge in [-0.25, -0.2) is 9.59 Å². The molecule has 2 atom stereocenters. The Morgan fingerprint density at radius 3 is 1.97 bits per heavy atom. The highest BCUT2D eigenvalue weighted by Gasteiger charge is 2.37. The molecule has 0 radical (unpaired) electrons. The second kappa shape index (κ2) is 14.4. The van der Waals surface area contributed by atoms with Crippen LogP contribution in [0.25, 0.3) is 0 Å². The van der Waals surface area contributed by atoms with Crippen molar-refractivity contribution >= 4 is 24.3 Å². The molecule has 0 saturated heterocycles. The van der Waals surface area contributed by atoms with Crippen LogP contribution in [-0.4, -0.2) is 37.0 Å². The SMILES string of the molecule is CCCCOC(=O)[C@@H](CC=O)[C@H](NC(=O)OCc1ccccc1)C(=O)OCc1ccccc1. The van der Waals surface area contributed by atoms with Gasteiger partial charge in [0.25, 0.3) is 0 Å². The molecule has 2 aromatic rings. The maximum atomic E-state index is 12.9. The summed E-state index contributed by atoms with van der Waals surface area (Å²) in [5.74, 6) is -2.87. The zero-order valence-corrected chi connectivity index (χ0v) is 18.6. The second-order valence-electron chi connectivity index (χ2n) is 7.31. The van der Waals surface area contributed by atoms with Crippen molar-refractivity contribution in [1.29, 1.82) is 0 Å². The third-order valence-corrected chi connectivity index (χ3v) is 4.76. The zero-order chi connectivity index (χ0) is 23.9. The van der Waals surface area contributed by atoms with E-state index < -0.39 is 30.0 Å². The molecular formula is C25H29NO7. The van der Waals surface area contributed by atoms with Crippen molar-refractivity contribution in [2.75, 3.05) is 6.61 Å². The highest BCUT2D eigenvalue weighted by Crippen LogP contribution is 2.15. The molecule has 0 unspecified atom stereocenters. The Labute approximate surface area is 193 Å². The van der Waals surface area contributed by atoms with Gasteiger partial charge in [0.05, 0.1) is 12.5 Å². The minimum absolute atomic E-state index is 0.0300. The third-order valence-electron chi connectivity index (χ3n) is 4.76. The maximum absolute atomic E-state index is 12.9. The van der Waals surface area contributed by atoms with Gasteiger partial charge in [-0.3, -0.25) is 4.79 Å². The predicted molar refractivity (Wildman–Crippen MR) is 120 cm³/mol. The number of hydrogen-bond donors (Lipinski definition) is 1. The number of benzene rings is 2. The number of nitrogens with one attached hydrogen (secondary N) is 1. The van der Waals surface area contributed by atoms with Crippen LogP contribution in [0.5, 0.6) is 0 Å². The maximum Gasteiger partial charge on any atom is 0.408 e. The summed E-state index contributed by atoms with van der Waals surface area (Å²) >= 11 is 0. The highest BCUT2D eigenvalue weighted by molar-refractivity contribution is 5.89. The Morgan fingerprint density at radius 2 is 1.42 bits per heavy atom. The summed E-state index contributed by atoms with van der Waals surface area (Å²) in [4.78, 5) is 49.1. The molecule has 1 amide bonds. The van der Waals surface area contributed by atoms with Crippen LogP contribution in [0.2, 0.25) is 0 Å². The molecule has 176 valence electrons. The number of aldehydes is 1. The number of rotatable bonds is 13. The van der Waals surface area contributed by atoms with E-state index in [1.54, 1.807) is 48.5 Å². The third kappa shape index (κ3) is 9.14. The van der Waals surface area contributed by atoms with Crippen LogP contribution in [0.15, 0.2) is 60.7 Å². The fourth-order valence-electron chi connectivity index (χ4n) is 2.93. The van der Waals surface area contributed by atoms with Gasteiger partial charge in [0.1, 0.15) is 25.5 Å². The van der Waals surface area contributed by atoms with E-state index in [0.717, 1.165) is 17.5 Å². The summed E-state index contributed by atoms with van der Waals surface area (Å²) in [6, 6.07) is 16.5. The first kappa shape index (κ1) is 25.6. The number of unbranched alkanes of at least 4 members (excludes halogenated alkanes) is 1. The predicted octanol–water partition coefficient (Wildman–Crippen LogP) is 3.57. The van der Waals surface area contributed by atoms with Crippen LogP contribution in [0.4, 0.5) is 4.79 Å². The summed E-state index contributed by atoms with van der Waals surface area (Å²) in [6.45, 7) is 1.99. The Balaban J connectivity index is 2.11. The van der Waals surface area contributed by atoms with Gasteiger partial charge in [0.15, 0.2) is 0 Å².